The molecule has 1 atom stereocenters. The van der Waals surface area contributed by atoms with Crippen molar-refractivity contribution in [1.82, 2.24) is 9.79 Å². The van der Waals surface area contributed by atoms with E-state index in [4.69, 9.17) is 9.57 Å². The molecule has 0 aliphatic carbocycles. The smallest absolute Gasteiger partial charge is 0.262 e. The molecule has 0 fully saturated rings. The zero-order valence-electron chi connectivity index (χ0n) is 17.7. The highest BCUT2D eigenvalue weighted by atomic mass is 32.2. The number of amides is 1. The predicted octanol–water partition coefficient (Wildman–Crippen LogP) is 3.20. The van der Waals surface area contributed by atoms with Gasteiger partial charge in [0, 0.05) is 6.54 Å². The van der Waals surface area contributed by atoms with Crippen molar-refractivity contribution in [3.63, 3.8) is 0 Å². The van der Waals surface area contributed by atoms with Gasteiger partial charge in [0.15, 0.2) is 0 Å². The first-order valence-corrected chi connectivity index (χ1v) is 11.6. The number of carbonyl (C=O) groups is 1. The summed E-state index contributed by atoms with van der Waals surface area (Å²) in [6, 6.07) is 16.9. The average Bonchev–Trinajstić information content (AvgIpc) is 2.83. The third-order valence-electron chi connectivity index (χ3n) is 5.56. The maximum atomic E-state index is 13.6. The van der Waals surface area contributed by atoms with Gasteiger partial charge in [0.25, 0.3) is 5.91 Å². The Kier molecular flexibility index (Phi) is 6.27. The van der Waals surface area contributed by atoms with Gasteiger partial charge >= 0.3 is 0 Å². The Morgan fingerprint density at radius 3 is 2.62 bits per heavy atom. The first-order chi connectivity index (χ1) is 15.5. The topological polar surface area (TPSA) is 84.9 Å². The Balaban J connectivity index is 1.77. The van der Waals surface area contributed by atoms with Crippen LogP contribution in [0.1, 0.15) is 11.1 Å². The molecule has 0 bridgehead atoms. The number of fused-ring (bicyclic) bond motifs is 3. The van der Waals surface area contributed by atoms with Crippen molar-refractivity contribution in [2.45, 2.75) is 23.9 Å². The molecule has 0 aromatic heterocycles. The number of hydrogen-bond acceptors (Lipinski definition) is 5. The molecule has 8 heteroatoms. The van der Waals surface area contributed by atoms with Crippen LogP contribution in [-0.2, 0) is 32.6 Å². The molecule has 7 nitrogen and oxygen atoms in total. The molecule has 0 spiro atoms. The fourth-order valence-corrected chi connectivity index (χ4v) is 5.49. The van der Waals surface area contributed by atoms with Crippen molar-refractivity contribution in [3.05, 3.63) is 84.4 Å². The van der Waals surface area contributed by atoms with Crippen LogP contribution < -0.4 is 10.2 Å². The van der Waals surface area contributed by atoms with E-state index in [1.54, 1.807) is 12.1 Å². The van der Waals surface area contributed by atoms with Gasteiger partial charge in [-0.3, -0.25) is 9.63 Å². The minimum absolute atomic E-state index is 0.0740. The Hall–Kier alpha value is -3.20. The number of ether oxygens (including phenoxy) is 1. The lowest BCUT2D eigenvalue weighted by molar-refractivity contribution is -0.137. The number of carbonyl (C=O) groups excluding carboxylic acids is 1. The van der Waals surface area contributed by atoms with Gasteiger partial charge in [-0.05, 0) is 52.6 Å². The maximum absolute atomic E-state index is 13.6. The Morgan fingerprint density at radius 1 is 1.16 bits per heavy atom. The first kappa shape index (κ1) is 22.0. The first-order valence-electron chi connectivity index (χ1n) is 10.1. The van der Waals surface area contributed by atoms with Gasteiger partial charge in [0.05, 0.1) is 18.6 Å². The van der Waals surface area contributed by atoms with Crippen LogP contribution in [-0.4, -0.2) is 38.4 Å². The molecule has 1 aliphatic rings. The summed E-state index contributed by atoms with van der Waals surface area (Å²) >= 11 is 0. The van der Waals surface area contributed by atoms with Crippen molar-refractivity contribution in [3.8, 4) is 5.75 Å². The highest BCUT2D eigenvalue weighted by Gasteiger charge is 2.40. The molecule has 0 unspecified atom stereocenters. The summed E-state index contributed by atoms with van der Waals surface area (Å²) in [6.45, 7) is 3.73. The Labute approximate surface area is 187 Å². The minimum atomic E-state index is -3.98. The second-order valence-corrected chi connectivity index (χ2v) is 9.33. The van der Waals surface area contributed by atoms with Gasteiger partial charge in [-0.15, -0.1) is 6.58 Å². The quantitative estimate of drug-likeness (QED) is 0.338. The number of benzene rings is 3. The van der Waals surface area contributed by atoms with Crippen LogP contribution >= 0.6 is 0 Å². The van der Waals surface area contributed by atoms with E-state index in [1.807, 2.05) is 36.4 Å². The molecule has 3 aromatic carbocycles. The molecule has 3 aromatic rings. The second-order valence-electron chi connectivity index (χ2n) is 7.44. The zero-order valence-corrected chi connectivity index (χ0v) is 18.5. The third-order valence-corrected chi connectivity index (χ3v) is 7.42. The second kappa shape index (κ2) is 9.12. The fourth-order valence-electron chi connectivity index (χ4n) is 3.93. The number of sulfonamides is 1. The summed E-state index contributed by atoms with van der Waals surface area (Å²) in [5.41, 5.74) is 4.19. The van der Waals surface area contributed by atoms with Crippen LogP contribution in [0.4, 0.5) is 0 Å². The van der Waals surface area contributed by atoms with Crippen LogP contribution in [0.5, 0.6) is 5.75 Å². The molecular formula is C24H24N2O5S. The summed E-state index contributed by atoms with van der Waals surface area (Å²) in [7, 11) is -2.47. The third kappa shape index (κ3) is 4.12. The van der Waals surface area contributed by atoms with Crippen LogP contribution in [0, 0.1) is 0 Å². The van der Waals surface area contributed by atoms with Crippen LogP contribution in [0.3, 0.4) is 0 Å². The molecule has 1 aliphatic heterocycles. The molecule has 0 radical (unpaired) electrons. The van der Waals surface area contributed by atoms with E-state index in [-0.39, 0.29) is 24.5 Å². The molecule has 1 heterocycles. The van der Waals surface area contributed by atoms with Crippen molar-refractivity contribution in [2.24, 2.45) is 0 Å². The molecule has 32 heavy (non-hydrogen) atoms. The molecule has 1 N–H and O–H groups in total. The van der Waals surface area contributed by atoms with Crippen molar-refractivity contribution < 1.29 is 22.8 Å². The number of rotatable bonds is 7. The normalized spacial score (nSPS) is 16.3. The lowest BCUT2D eigenvalue weighted by Gasteiger charge is -2.35. The number of nitrogens with zero attached hydrogens (tertiary/aromatic N) is 1. The Morgan fingerprint density at radius 2 is 1.91 bits per heavy atom. The van der Waals surface area contributed by atoms with Crippen LogP contribution in [0.15, 0.2) is 78.2 Å². The van der Waals surface area contributed by atoms with E-state index in [2.05, 4.69) is 12.1 Å². The molecule has 0 saturated heterocycles. The van der Waals surface area contributed by atoms with Crippen molar-refractivity contribution >= 4 is 26.7 Å². The molecule has 166 valence electrons. The molecule has 4 rings (SSSR count). The van der Waals surface area contributed by atoms with E-state index in [1.165, 1.54) is 29.6 Å². The van der Waals surface area contributed by atoms with Crippen molar-refractivity contribution in [2.75, 3.05) is 13.7 Å². The SMILES string of the molecule is C=CCONC(=O)[C@H]1Cc2ccc3ccccc3c2CN1S(=O)(=O)c1ccc(OC)cc1. The van der Waals surface area contributed by atoms with E-state index in [0.717, 1.165) is 21.9 Å². The molecule has 0 saturated carbocycles. The van der Waals surface area contributed by atoms with Gasteiger partial charge in [-0.1, -0.05) is 42.5 Å². The summed E-state index contributed by atoms with van der Waals surface area (Å²) in [5, 5.41) is 1.99. The number of nitrogens with one attached hydrogen (secondary N) is 1. The van der Waals surface area contributed by atoms with E-state index >= 15 is 0 Å². The summed E-state index contributed by atoms with van der Waals surface area (Å²) in [6.07, 6.45) is 1.73. The van der Waals surface area contributed by atoms with E-state index in [0.29, 0.717) is 5.75 Å². The summed E-state index contributed by atoms with van der Waals surface area (Å²) < 4.78 is 33.6. The number of methoxy groups -OCH3 is 1. The van der Waals surface area contributed by atoms with E-state index in [9.17, 15) is 13.2 Å². The van der Waals surface area contributed by atoms with Crippen LogP contribution in [0.2, 0.25) is 0 Å². The maximum Gasteiger partial charge on any atom is 0.262 e. The standard InChI is InChI=1S/C24H24N2O5S/c1-3-14-31-25-24(27)23-15-18-9-8-17-6-4-5-7-21(17)22(18)16-26(23)32(28,29)20-12-10-19(30-2)11-13-20/h3-13,23H,1,14-16H2,2H3,(H,25,27)/t23-/m1/s1. The average molecular weight is 453 g/mol. The largest absolute Gasteiger partial charge is 0.497 e. The summed E-state index contributed by atoms with van der Waals surface area (Å²) in [5.74, 6) is 0.0220. The Bertz CT molecular complexity index is 1260. The minimum Gasteiger partial charge on any atom is -0.497 e. The van der Waals surface area contributed by atoms with E-state index < -0.39 is 22.0 Å². The summed E-state index contributed by atoms with van der Waals surface area (Å²) in [4.78, 5) is 18.1. The lowest BCUT2D eigenvalue weighted by atomic mass is 9.91. The van der Waals surface area contributed by atoms with Gasteiger partial charge in [-0.25, -0.2) is 13.9 Å². The van der Waals surface area contributed by atoms with Gasteiger partial charge in [-0.2, -0.15) is 4.31 Å². The number of hydroxylamine groups is 1. The zero-order chi connectivity index (χ0) is 22.7. The highest BCUT2D eigenvalue weighted by Crippen LogP contribution is 2.34. The van der Waals surface area contributed by atoms with Crippen molar-refractivity contribution in [1.29, 1.82) is 0 Å². The van der Waals surface area contributed by atoms with Gasteiger partial charge in [0.2, 0.25) is 10.0 Å². The molecule has 1 amide bonds. The highest BCUT2D eigenvalue weighted by molar-refractivity contribution is 7.89. The monoisotopic (exact) mass is 452 g/mol. The number of hydrogen-bond donors (Lipinski definition) is 1. The predicted molar refractivity (Wildman–Crippen MR) is 121 cm³/mol. The lowest BCUT2D eigenvalue weighted by Crippen LogP contribution is -2.52. The van der Waals surface area contributed by atoms with Crippen LogP contribution in [0.25, 0.3) is 10.8 Å². The molecular weight excluding hydrogens is 428 g/mol. The fraction of sp³-hybridized carbons (Fsp3) is 0.208. The van der Waals surface area contributed by atoms with Gasteiger partial charge in [0.1, 0.15) is 11.8 Å². The van der Waals surface area contributed by atoms with Gasteiger partial charge < -0.3 is 4.74 Å².